The van der Waals surface area contributed by atoms with E-state index in [9.17, 15) is 21.6 Å². The van der Waals surface area contributed by atoms with E-state index in [1.165, 1.54) is 28.6 Å². The van der Waals surface area contributed by atoms with Crippen molar-refractivity contribution in [2.24, 2.45) is 0 Å². The number of esters is 1. The summed E-state index contributed by atoms with van der Waals surface area (Å²) in [7, 11) is -7.80. The number of nitrogens with zero attached hydrogens (tertiary/aromatic N) is 2. The Balaban J connectivity index is 2.39. The van der Waals surface area contributed by atoms with E-state index in [1.54, 1.807) is 32.9 Å². The molecule has 10 heteroatoms. The van der Waals surface area contributed by atoms with E-state index in [-0.39, 0.29) is 22.9 Å². The van der Waals surface area contributed by atoms with Gasteiger partial charge in [0.2, 0.25) is 20.0 Å². The standard InChI is InChI=1S/C22H30N2O6S2/c1-5-23(6-2)31(26,27)20-12-14-21(15-13-20)32(28,29)24(17-22(25)30-7-3)16-19-10-8-18(4)9-11-19/h8-15H,5-7,16-17H2,1-4H3. The van der Waals surface area contributed by atoms with E-state index in [2.05, 4.69) is 0 Å². The summed E-state index contributed by atoms with van der Waals surface area (Å²) in [5, 5.41) is 0. The zero-order valence-corrected chi connectivity index (χ0v) is 20.4. The molecule has 0 aliphatic rings. The van der Waals surface area contributed by atoms with Gasteiger partial charge in [0.05, 0.1) is 16.4 Å². The molecule has 0 saturated heterocycles. The monoisotopic (exact) mass is 482 g/mol. The molecule has 8 nitrogen and oxygen atoms in total. The van der Waals surface area contributed by atoms with Gasteiger partial charge in [-0.1, -0.05) is 43.7 Å². The summed E-state index contributed by atoms with van der Waals surface area (Å²) in [6.07, 6.45) is 0. The van der Waals surface area contributed by atoms with Crippen molar-refractivity contribution in [3.8, 4) is 0 Å². The first kappa shape index (κ1) is 26.0. The molecule has 2 aromatic rings. The van der Waals surface area contributed by atoms with Gasteiger partial charge in [0.15, 0.2) is 0 Å². The first-order valence-corrected chi connectivity index (χ1v) is 13.3. The minimum atomic E-state index is -4.09. The lowest BCUT2D eigenvalue weighted by Crippen LogP contribution is -2.36. The molecule has 2 rings (SSSR count). The number of ether oxygens (including phenoxy) is 1. The number of hydrogen-bond acceptors (Lipinski definition) is 6. The molecule has 0 heterocycles. The third kappa shape index (κ3) is 6.16. The van der Waals surface area contributed by atoms with Crippen molar-refractivity contribution in [1.29, 1.82) is 0 Å². The first-order valence-electron chi connectivity index (χ1n) is 10.4. The largest absolute Gasteiger partial charge is 0.465 e. The van der Waals surface area contributed by atoms with E-state index in [0.29, 0.717) is 18.7 Å². The summed E-state index contributed by atoms with van der Waals surface area (Å²) in [6.45, 7) is 7.30. The van der Waals surface area contributed by atoms with Crippen LogP contribution in [-0.4, -0.2) is 57.7 Å². The van der Waals surface area contributed by atoms with Crippen molar-refractivity contribution < 1.29 is 26.4 Å². The van der Waals surface area contributed by atoms with Crippen LogP contribution in [-0.2, 0) is 36.1 Å². The van der Waals surface area contributed by atoms with Crippen LogP contribution in [0.15, 0.2) is 58.3 Å². The number of benzene rings is 2. The number of sulfonamides is 2. The van der Waals surface area contributed by atoms with Crippen molar-refractivity contribution >= 4 is 26.0 Å². The molecule has 0 N–H and O–H groups in total. The smallest absolute Gasteiger partial charge is 0.321 e. The molecule has 0 unspecified atom stereocenters. The Bertz CT molecular complexity index is 1110. The Morgan fingerprint density at radius 1 is 0.781 bits per heavy atom. The van der Waals surface area contributed by atoms with Gasteiger partial charge in [-0.3, -0.25) is 4.79 Å². The minimum Gasteiger partial charge on any atom is -0.465 e. The van der Waals surface area contributed by atoms with Gasteiger partial charge in [0.25, 0.3) is 0 Å². The molecule has 32 heavy (non-hydrogen) atoms. The van der Waals surface area contributed by atoms with Crippen molar-refractivity contribution in [2.75, 3.05) is 26.2 Å². The molecule has 0 aromatic heterocycles. The number of carbonyl (C=O) groups excluding carboxylic acids is 1. The van der Waals surface area contributed by atoms with Crippen LogP contribution >= 0.6 is 0 Å². The first-order chi connectivity index (χ1) is 15.1. The lowest BCUT2D eigenvalue weighted by molar-refractivity contribution is -0.143. The molecule has 0 aliphatic heterocycles. The van der Waals surface area contributed by atoms with Crippen LogP contribution in [0.5, 0.6) is 0 Å². The van der Waals surface area contributed by atoms with Gasteiger partial charge in [-0.2, -0.15) is 8.61 Å². The van der Waals surface area contributed by atoms with Crippen LogP contribution in [0.3, 0.4) is 0 Å². The fourth-order valence-electron chi connectivity index (χ4n) is 3.12. The third-order valence-corrected chi connectivity index (χ3v) is 8.77. The van der Waals surface area contributed by atoms with Gasteiger partial charge < -0.3 is 4.74 Å². The highest BCUT2D eigenvalue weighted by Gasteiger charge is 2.29. The summed E-state index contributed by atoms with van der Waals surface area (Å²) in [5.74, 6) is -0.663. The zero-order valence-electron chi connectivity index (χ0n) is 18.8. The summed E-state index contributed by atoms with van der Waals surface area (Å²) in [4.78, 5) is 12.0. The minimum absolute atomic E-state index is 0.00984. The van der Waals surface area contributed by atoms with E-state index in [0.717, 1.165) is 9.87 Å². The molecule has 0 atom stereocenters. The maximum absolute atomic E-state index is 13.3. The third-order valence-electron chi connectivity index (χ3n) is 4.90. The average Bonchev–Trinajstić information content (AvgIpc) is 2.75. The fourth-order valence-corrected chi connectivity index (χ4v) is 5.95. The summed E-state index contributed by atoms with van der Waals surface area (Å²) < 4.78 is 59.2. The average molecular weight is 483 g/mol. The molecular formula is C22H30N2O6S2. The molecule has 0 amide bonds. The number of carbonyl (C=O) groups is 1. The number of rotatable bonds is 11. The van der Waals surface area contributed by atoms with Gasteiger partial charge in [-0.25, -0.2) is 16.8 Å². The highest BCUT2D eigenvalue weighted by atomic mass is 32.2. The van der Waals surface area contributed by atoms with Crippen LogP contribution in [0.1, 0.15) is 31.9 Å². The summed E-state index contributed by atoms with van der Waals surface area (Å²) >= 11 is 0. The zero-order chi connectivity index (χ0) is 23.9. The molecule has 0 bridgehead atoms. The second kappa shape index (κ2) is 11.0. The van der Waals surface area contributed by atoms with Gasteiger partial charge in [0.1, 0.15) is 6.54 Å². The molecule has 0 saturated carbocycles. The Labute approximate surface area is 190 Å². The molecular weight excluding hydrogens is 452 g/mol. The Morgan fingerprint density at radius 3 is 1.69 bits per heavy atom. The van der Waals surface area contributed by atoms with Crippen molar-refractivity contribution in [1.82, 2.24) is 8.61 Å². The fraction of sp³-hybridized carbons (Fsp3) is 0.409. The van der Waals surface area contributed by atoms with Crippen molar-refractivity contribution in [3.05, 3.63) is 59.7 Å². The Hall–Kier alpha value is -2.27. The van der Waals surface area contributed by atoms with E-state index in [4.69, 9.17) is 4.74 Å². The van der Waals surface area contributed by atoms with E-state index >= 15 is 0 Å². The Kier molecular flexibility index (Phi) is 8.97. The highest BCUT2D eigenvalue weighted by Crippen LogP contribution is 2.22. The van der Waals surface area contributed by atoms with Crippen LogP contribution in [0.2, 0.25) is 0 Å². The molecule has 0 spiro atoms. The van der Waals surface area contributed by atoms with Crippen molar-refractivity contribution in [2.45, 2.75) is 44.0 Å². The van der Waals surface area contributed by atoms with Gasteiger partial charge in [0, 0.05) is 19.6 Å². The molecule has 0 aliphatic carbocycles. The predicted molar refractivity (Wildman–Crippen MR) is 122 cm³/mol. The topological polar surface area (TPSA) is 101 Å². The quantitative estimate of drug-likeness (QED) is 0.457. The molecule has 176 valence electrons. The molecule has 2 aromatic carbocycles. The van der Waals surface area contributed by atoms with E-state index < -0.39 is 32.6 Å². The van der Waals surface area contributed by atoms with Gasteiger partial charge in [-0.15, -0.1) is 0 Å². The normalized spacial score (nSPS) is 12.3. The van der Waals surface area contributed by atoms with Crippen LogP contribution in [0.4, 0.5) is 0 Å². The van der Waals surface area contributed by atoms with Crippen LogP contribution < -0.4 is 0 Å². The molecule has 0 fully saturated rings. The lowest BCUT2D eigenvalue weighted by Gasteiger charge is -2.22. The predicted octanol–water partition coefficient (Wildman–Crippen LogP) is 2.78. The summed E-state index contributed by atoms with van der Waals surface area (Å²) in [5.41, 5.74) is 1.74. The number of aryl methyl sites for hydroxylation is 1. The maximum atomic E-state index is 13.3. The SMILES string of the molecule is CCOC(=O)CN(Cc1ccc(C)cc1)S(=O)(=O)c1ccc(S(=O)(=O)N(CC)CC)cc1. The van der Waals surface area contributed by atoms with E-state index in [1.807, 2.05) is 19.1 Å². The van der Waals surface area contributed by atoms with Crippen LogP contribution in [0.25, 0.3) is 0 Å². The number of hydrogen-bond donors (Lipinski definition) is 0. The van der Waals surface area contributed by atoms with Gasteiger partial charge in [-0.05, 0) is 43.7 Å². The molecule has 0 radical (unpaired) electrons. The Morgan fingerprint density at radius 2 is 1.25 bits per heavy atom. The van der Waals surface area contributed by atoms with Gasteiger partial charge >= 0.3 is 5.97 Å². The lowest BCUT2D eigenvalue weighted by atomic mass is 10.1. The van der Waals surface area contributed by atoms with Crippen LogP contribution in [0, 0.1) is 6.92 Å². The van der Waals surface area contributed by atoms with Crippen molar-refractivity contribution in [3.63, 3.8) is 0 Å². The highest BCUT2D eigenvalue weighted by molar-refractivity contribution is 7.89. The second-order valence-corrected chi connectivity index (χ2v) is 11.0. The summed E-state index contributed by atoms with van der Waals surface area (Å²) in [6, 6.07) is 12.3. The maximum Gasteiger partial charge on any atom is 0.321 e. The second-order valence-electron chi connectivity index (χ2n) is 7.12.